The zero-order valence-corrected chi connectivity index (χ0v) is 14.5. The number of nitrogens with zero attached hydrogens (tertiary/aromatic N) is 4. The van der Waals surface area contributed by atoms with Gasteiger partial charge in [-0.2, -0.15) is 5.10 Å². The Hall–Kier alpha value is -2.21. The summed E-state index contributed by atoms with van der Waals surface area (Å²) in [6.45, 7) is 2.26. The third-order valence-corrected chi connectivity index (χ3v) is 5.52. The van der Waals surface area contributed by atoms with Gasteiger partial charge in [-0.3, -0.25) is 9.78 Å². The van der Waals surface area contributed by atoms with Gasteiger partial charge in [-0.25, -0.2) is 4.68 Å². The minimum Gasteiger partial charge on any atom is -0.307 e. The summed E-state index contributed by atoms with van der Waals surface area (Å²) in [6.07, 6.45) is 12.7. The van der Waals surface area contributed by atoms with E-state index in [-0.39, 0.29) is 5.91 Å². The van der Waals surface area contributed by atoms with Gasteiger partial charge >= 0.3 is 0 Å². The fourth-order valence-electron chi connectivity index (χ4n) is 4.15. The van der Waals surface area contributed by atoms with Crippen LogP contribution in [0.15, 0.2) is 36.8 Å². The monoisotopic (exact) mass is 339 g/mol. The van der Waals surface area contributed by atoms with Crippen LogP contribution in [0.3, 0.4) is 0 Å². The average Bonchev–Trinajstić information content (AvgIpc) is 3.35. The summed E-state index contributed by atoms with van der Waals surface area (Å²) in [6, 6.07) is 6.56. The van der Waals surface area contributed by atoms with Gasteiger partial charge < -0.3 is 10.2 Å². The lowest BCUT2D eigenvalue weighted by molar-refractivity contribution is 0.102. The quantitative estimate of drug-likeness (QED) is 0.930. The van der Waals surface area contributed by atoms with Crippen LogP contribution in [0.1, 0.15) is 54.9 Å². The van der Waals surface area contributed by atoms with Crippen LogP contribution in [0.25, 0.3) is 0 Å². The third-order valence-electron chi connectivity index (χ3n) is 5.52. The van der Waals surface area contributed by atoms with Gasteiger partial charge in [-0.15, -0.1) is 0 Å². The van der Waals surface area contributed by atoms with Crippen LogP contribution in [0.4, 0.5) is 5.82 Å². The number of rotatable bonds is 4. The summed E-state index contributed by atoms with van der Waals surface area (Å²) in [5, 5.41) is 7.46. The molecular weight excluding hydrogens is 314 g/mol. The van der Waals surface area contributed by atoms with Gasteiger partial charge in [0.2, 0.25) is 0 Å². The fourth-order valence-corrected chi connectivity index (χ4v) is 4.15. The normalized spacial score (nSPS) is 20.0. The lowest BCUT2D eigenvalue weighted by Gasteiger charge is -2.36. The topological polar surface area (TPSA) is 63.1 Å². The second kappa shape index (κ2) is 7.35. The van der Waals surface area contributed by atoms with Crippen molar-refractivity contribution in [1.82, 2.24) is 19.7 Å². The maximum Gasteiger partial charge on any atom is 0.258 e. The summed E-state index contributed by atoms with van der Waals surface area (Å²) in [5.41, 5.74) is 0.561. The van der Waals surface area contributed by atoms with Crippen molar-refractivity contribution in [1.29, 1.82) is 0 Å². The predicted molar refractivity (Wildman–Crippen MR) is 96.5 cm³/mol. The van der Waals surface area contributed by atoms with Crippen molar-refractivity contribution in [2.24, 2.45) is 0 Å². The molecule has 1 amide bonds. The van der Waals surface area contributed by atoms with Gasteiger partial charge in [0.25, 0.3) is 5.91 Å². The van der Waals surface area contributed by atoms with E-state index in [1.165, 1.54) is 25.7 Å². The highest BCUT2D eigenvalue weighted by Crippen LogP contribution is 2.30. The Morgan fingerprint density at radius 3 is 2.56 bits per heavy atom. The molecule has 2 aromatic heterocycles. The molecule has 0 radical (unpaired) electrons. The second-order valence-electron chi connectivity index (χ2n) is 7.06. The summed E-state index contributed by atoms with van der Waals surface area (Å²) < 4.78 is 1.99. The number of nitrogens with one attached hydrogen (secondary N) is 1. The first kappa shape index (κ1) is 16.3. The molecule has 0 atom stereocenters. The number of hydrogen-bond acceptors (Lipinski definition) is 4. The van der Waals surface area contributed by atoms with Crippen LogP contribution in [-0.4, -0.2) is 44.7 Å². The van der Waals surface area contributed by atoms with E-state index in [1.54, 1.807) is 30.7 Å². The lowest BCUT2D eigenvalue weighted by atomic mass is 10.0. The van der Waals surface area contributed by atoms with Crippen molar-refractivity contribution in [3.05, 3.63) is 42.4 Å². The van der Waals surface area contributed by atoms with Crippen molar-refractivity contribution in [3.8, 4) is 0 Å². The Bertz CT molecular complexity index is 700. The van der Waals surface area contributed by atoms with Crippen molar-refractivity contribution in [2.75, 3.05) is 18.4 Å². The molecule has 0 aromatic carbocycles. The number of amides is 1. The molecule has 2 aliphatic rings. The van der Waals surface area contributed by atoms with Crippen LogP contribution < -0.4 is 5.32 Å². The molecule has 0 unspecified atom stereocenters. The largest absolute Gasteiger partial charge is 0.307 e. The van der Waals surface area contributed by atoms with E-state index >= 15 is 0 Å². The summed E-state index contributed by atoms with van der Waals surface area (Å²) in [5.74, 6) is 0.631. The second-order valence-corrected chi connectivity index (χ2v) is 7.06. The highest BCUT2D eigenvalue weighted by Gasteiger charge is 2.28. The number of anilines is 1. The number of hydrogen-bond donors (Lipinski definition) is 1. The summed E-state index contributed by atoms with van der Waals surface area (Å²) in [7, 11) is 0. The Morgan fingerprint density at radius 1 is 1.04 bits per heavy atom. The molecule has 2 fully saturated rings. The van der Waals surface area contributed by atoms with Crippen LogP contribution in [0.5, 0.6) is 0 Å². The van der Waals surface area contributed by atoms with Crippen LogP contribution >= 0.6 is 0 Å². The molecule has 1 aliphatic heterocycles. The molecule has 0 spiro atoms. The standard InChI is InChI=1S/C19H25N5O/c25-19(15-4-3-10-20-14-15)22-18-7-11-21-24(18)17-8-12-23(13-9-17)16-5-1-2-6-16/h3-4,7,10-11,14,16-17H,1-2,5-6,8-9,12-13H2,(H,22,25). The molecule has 1 N–H and O–H groups in total. The van der Waals surface area contributed by atoms with E-state index < -0.39 is 0 Å². The van der Waals surface area contributed by atoms with E-state index in [0.29, 0.717) is 11.6 Å². The van der Waals surface area contributed by atoms with Crippen molar-refractivity contribution < 1.29 is 4.79 Å². The Morgan fingerprint density at radius 2 is 1.84 bits per heavy atom. The number of pyridine rings is 1. The Labute approximate surface area is 148 Å². The Kier molecular flexibility index (Phi) is 4.78. The zero-order valence-electron chi connectivity index (χ0n) is 14.5. The van der Waals surface area contributed by atoms with Gasteiger partial charge in [-0.05, 0) is 37.8 Å². The van der Waals surface area contributed by atoms with Crippen LogP contribution in [-0.2, 0) is 0 Å². The first-order chi connectivity index (χ1) is 12.3. The molecule has 3 heterocycles. The van der Waals surface area contributed by atoms with E-state index in [4.69, 9.17) is 0 Å². The predicted octanol–water partition coefficient (Wildman–Crippen LogP) is 3.11. The van der Waals surface area contributed by atoms with Crippen molar-refractivity contribution >= 4 is 11.7 Å². The first-order valence-electron chi connectivity index (χ1n) is 9.30. The molecular formula is C19H25N5O. The molecule has 2 aromatic rings. The zero-order chi connectivity index (χ0) is 17.1. The van der Waals surface area contributed by atoms with Gasteiger partial charge in [0.05, 0.1) is 17.8 Å². The number of aromatic nitrogens is 3. The van der Waals surface area contributed by atoms with Crippen LogP contribution in [0, 0.1) is 0 Å². The number of likely N-dealkylation sites (tertiary alicyclic amines) is 1. The first-order valence-corrected chi connectivity index (χ1v) is 9.30. The smallest absolute Gasteiger partial charge is 0.258 e. The van der Waals surface area contributed by atoms with Crippen molar-refractivity contribution in [2.45, 2.75) is 50.6 Å². The van der Waals surface area contributed by atoms with Gasteiger partial charge in [-0.1, -0.05) is 12.8 Å². The van der Waals surface area contributed by atoms with Crippen molar-refractivity contribution in [3.63, 3.8) is 0 Å². The maximum atomic E-state index is 12.4. The van der Waals surface area contributed by atoms with E-state index in [9.17, 15) is 4.79 Å². The average molecular weight is 339 g/mol. The molecule has 1 aliphatic carbocycles. The molecule has 4 rings (SSSR count). The molecule has 25 heavy (non-hydrogen) atoms. The minimum absolute atomic E-state index is 0.141. The molecule has 6 heteroatoms. The third kappa shape index (κ3) is 3.58. The number of carbonyl (C=O) groups excluding carboxylic acids is 1. The van der Waals surface area contributed by atoms with Gasteiger partial charge in [0.1, 0.15) is 5.82 Å². The Balaban J connectivity index is 1.39. The minimum atomic E-state index is -0.141. The SMILES string of the molecule is O=C(Nc1ccnn1C1CCN(C2CCCC2)CC1)c1cccnc1. The van der Waals surface area contributed by atoms with Crippen LogP contribution in [0.2, 0.25) is 0 Å². The highest BCUT2D eigenvalue weighted by atomic mass is 16.1. The molecule has 132 valence electrons. The molecule has 6 nitrogen and oxygen atoms in total. The molecule has 0 bridgehead atoms. The maximum absolute atomic E-state index is 12.4. The van der Waals surface area contributed by atoms with Gasteiger partial charge in [0, 0.05) is 37.6 Å². The highest BCUT2D eigenvalue weighted by molar-refractivity contribution is 6.03. The molecule has 1 saturated carbocycles. The lowest BCUT2D eigenvalue weighted by Crippen LogP contribution is -2.40. The van der Waals surface area contributed by atoms with E-state index in [0.717, 1.165) is 37.8 Å². The van der Waals surface area contributed by atoms with E-state index in [2.05, 4.69) is 20.3 Å². The summed E-state index contributed by atoms with van der Waals surface area (Å²) in [4.78, 5) is 19.0. The van der Waals surface area contributed by atoms with E-state index in [1.807, 2.05) is 10.7 Å². The van der Waals surface area contributed by atoms with Gasteiger partial charge in [0.15, 0.2) is 0 Å². The fraction of sp³-hybridized carbons (Fsp3) is 0.526. The summed E-state index contributed by atoms with van der Waals surface area (Å²) >= 11 is 0. The number of carbonyl (C=O) groups is 1. The number of piperidine rings is 1. The molecule has 1 saturated heterocycles.